The van der Waals surface area contributed by atoms with E-state index in [1.54, 1.807) is 34.7 Å². The van der Waals surface area contributed by atoms with Crippen molar-refractivity contribution in [1.29, 1.82) is 0 Å². The van der Waals surface area contributed by atoms with Crippen molar-refractivity contribution in [2.75, 3.05) is 0 Å². The Kier molecular flexibility index (Phi) is 3.96. The smallest absolute Gasteiger partial charge is 0.258 e. The monoisotopic (exact) mass is 361 g/mol. The molecule has 9 nitrogen and oxygen atoms in total. The molecule has 1 amide bonds. The molecule has 0 aliphatic carbocycles. The zero-order valence-electron chi connectivity index (χ0n) is 14.4. The van der Waals surface area contributed by atoms with Crippen LogP contribution in [0.2, 0.25) is 0 Å². The van der Waals surface area contributed by atoms with E-state index in [2.05, 4.69) is 20.4 Å². The second kappa shape index (κ2) is 6.45. The number of hydrogen-bond donors (Lipinski definition) is 1. The van der Waals surface area contributed by atoms with Crippen LogP contribution >= 0.6 is 0 Å². The van der Waals surface area contributed by atoms with Gasteiger partial charge in [-0.15, -0.1) is 10.2 Å². The lowest BCUT2D eigenvalue weighted by Gasteiger charge is -2.05. The molecule has 4 rings (SSSR count). The average Bonchev–Trinajstić information content (AvgIpc) is 3.10. The summed E-state index contributed by atoms with van der Waals surface area (Å²) in [4.78, 5) is 29.3. The predicted octanol–water partition coefficient (Wildman–Crippen LogP) is 0.804. The summed E-state index contributed by atoms with van der Waals surface area (Å²) in [5.74, 6) is -0.0959. The number of tetrazole rings is 1. The third-order valence-corrected chi connectivity index (χ3v) is 4.12. The van der Waals surface area contributed by atoms with E-state index in [-0.39, 0.29) is 12.1 Å². The SMILES string of the molecule is Cc1cccc2nc(Cn3nnc(-c4ccc(C(N)=O)cc4)n3)cc(=O)n12. The summed E-state index contributed by atoms with van der Waals surface area (Å²) in [6, 6.07) is 13.5. The van der Waals surface area contributed by atoms with E-state index in [0.29, 0.717) is 28.3 Å². The largest absolute Gasteiger partial charge is 0.366 e. The fraction of sp³-hybridized carbons (Fsp3) is 0.111. The van der Waals surface area contributed by atoms with Gasteiger partial charge in [0.1, 0.15) is 12.2 Å². The van der Waals surface area contributed by atoms with Crippen molar-refractivity contribution in [2.24, 2.45) is 5.73 Å². The van der Waals surface area contributed by atoms with E-state index >= 15 is 0 Å². The van der Waals surface area contributed by atoms with Gasteiger partial charge in [0.05, 0.1) is 5.69 Å². The van der Waals surface area contributed by atoms with Crippen molar-refractivity contribution in [3.05, 3.63) is 75.8 Å². The quantitative estimate of drug-likeness (QED) is 0.574. The summed E-state index contributed by atoms with van der Waals surface area (Å²) in [6.45, 7) is 2.07. The second-order valence-corrected chi connectivity index (χ2v) is 6.03. The molecule has 0 radical (unpaired) electrons. The fourth-order valence-electron chi connectivity index (χ4n) is 2.80. The molecular formula is C18H15N7O2. The van der Waals surface area contributed by atoms with Crippen LogP contribution in [0.3, 0.4) is 0 Å². The van der Waals surface area contributed by atoms with Crippen LogP contribution in [-0.4, -0.2) is 35.5 Å². The molecule has 1 aromatic carbocycles. The van der Waals surface area contributed by atoms with Crippen molar-refractivity contribution in [3.8, 4) is 11.4 Å². The standard InChI is InChI=1S/C18H15N7O2/c1-11-3-2-4-15-20-14(9-16(26)25(11)15)10-24-22-18(21-23-24)13-7-5-12(6-8-13)17(19)27/h2-9H,10H2,1H3,(H2,19,27). The van der Waals surface area contributed by atoms with Crippen LogP contribution in [0.5, 0.6) is 0 Å². The Labute approximate surface area is 153 Å². The molecular weight excluding hydrogens is 346 g/mol. The van der Waals surface area contributed by atoms with Gasteiger partial charge in [0.2, 0.25) is 11.7 Å². The molecule has 3 heterocycles. The van der Waals surface area contributed by atoms with Crippen molar-refractivity contribution < 1.29 is 4.79 Å². The average molecular weight is 361 g/mol. The van der Waals surface area contributed by atoms with Crippen LogP contribution in [0.1, 0.15) is 21.7 Å². The minimum absolute atomic E-state index is 0.157. The number of pyridine rings is 1. The van der Waals surface area contributed by atoms with Gasteiger partial charge in [-0.05, 0) is 36.4 Å². The Hall–Kier alpha value is -3.88. The molecule has 2 N–H and O–H groups in total. The number of aryl methyl sites for hydroxylation is 1. The topological polar surface area (TPSA) is 121 Å². The minimum Gasteiger partial charge on any atom is -0.366 e. The molecule has 0 spiro atoms. The number of rotatable bonds is 4. The predicted molar refractivity (Wildman–Crippen MR) is 97.1 cm³/mol. The summed E-state index contributed by atoms with van der Waals surface area (Å²) in [5, 5.41) is 12.3. The van der Waals surface area contributed by atoms with Gasteiger partial charge < -0.3 is 5.73 Å². The Morgan fingerprint density at radius 1 is 1.15 bits per heavy atom. The van der Waals surface area contributed by atoms with Crippen molar-refractivity contribution in [3.63, 3.8) is 0 Å². The van der Waals surface area contributed by atoms with E-state index in [4.69, 9.17) is 5.73 Å². The van der Waals surface area contributed by atoms with Gasteiger partial charge in [-0.1, -0.05) is 18.2 Å². The lowest BCUT2D eigenvalue weighted by Crippen LogP contribution is -2.19. The lowest BCUT2D eigenvalue weighted by molar-refractivity contribution is 0.100. The summed E-state index contributed by atoms with van der Waals surface area (Å²) < 4.78 is 1.55. The minimum atomic E-state index is -0.498. The van der Waals surface area contributed by atoms with E-state index in [0.717, 1.165) is 5.69 Å². The molecule has 0 aliphatic heterocycles. The van der Waals surface area contributed by atoms with Crippen molar-refractivity contribution in [1.82, 2.24) is 29.6 Å². The van der Waals surface area contributed by atoms with Gasteiger partial charge >= 0.3 is 0 Å². The van der Waals surface area contributed by atoms with Crippen LogP contribution in [0.15, 0.2) is 53.3 Å². The van der Waals surface area contributed by atoms with Crippen LogP contribution < -0.4 is 11.3 Å². The maximum Gasteiger partial charge on any atom is 0.258 e. The zero-order valence-corrected chi connectivity index (χ0v) is 14.4. The molecule has 0 aliphatic rings. The molecule has 134 valence electrons. The molecule has 27 heavy (non-hydrogen) atoms. The summed E-state index contributed by atoms with van der Waals surface area (Å²) in [6.07, 6.45) is 0. The summed E-state index contributed by atoms with van der Waals surface area (Å²) >= 11 is 0. The molecule has 9 heteroatoms. The summed E-state index contributed by atoms with van der Waals surface area (Å²) in [5.41, 5.74) is 8.11. The van der Waals surface area contributed by atoms with E-state index in [9.17, 15) is 9.59 Å². The molecule has 0 bridgehead atoms. The highest BCUT2D eigenvalue weighted by molar-refractivity contribution is 5.93. The number of amides is 1. The van der Waals surface area contributed by atoms with E-state index in [1.165, 1.54) is 10.9 Å². The zero-order chi connectivity index (χ0) is 19.0. The fourth-order valence-corrected chi connectivity index (χ4v) is 2.80. The number of nitrogens with zero attached hydrogens (tertiary/aromatic N) is 6. The Balaban J connectivity index is 1.62. The first kappa shape index (κ1) is 16.6. The second-order valence-electron chi connectivity index (χ2n) is 6.03. The van der Waals surface area contributed by atoms with Gasteiger partial charge in [-0.25, -0.2) is 4.98 Å². The highest BCUT2D eigenvalue weighted by atomic mass is 16.1. The van der Waals surface area contributed by atoms with Gasteiger partial charge in [-0.3, -0.25) is 14.0 Å². The summed E-state index contributed by atoms with van der Waals surface area (Å²) in [7, 11) is 0. The highest BCUT2D eigenvalue weighted by Crippen LogP contribution is 2.14. The number of hydrogen-bond acceptors (Lipinski definition) is 6. The normalized spacial score (nSPS) is 11.0. The third kappa shape index (κ3) is 3.17. The van der Waals surface area contributed by atoms with Crippen LogP contribution in [0.4, 0.5) is 0 Å². The number of aromatic nitrogens is 6. The molecule has 3 aromatic heterocycles. The van der Waals surface area contributed by atoms with Crippen molar-refractivity contribution >= 4 is 11.6 Å². The Morgan fingerprint density at radius 3 is 2.67 bits per heavy atom. The first-order valence-corrected chi connectivity index (χ1v) is 8.17. The highest BCUT2D eigenvalue weighted by Gasteiger charge is 2.10. The number of carbonyl (C=O) groups excluding carboxylic acids is 1. The first-order valence-electron chi connectivity index (χ1n) is 8.17. The maximum atomic E-state index is 12.3. The first-order chi connectivity index (χ1) is 13.0. The third-order valence-electron chi connectivity index (χ3n) is 4.12. The Morgan fingerprint density at radius 2 is 1.93 bits per heavy atom. The molecule has 0 atom stereocenters. The van der Waals surface area contributed by atoms with Gasteiger partial charge in [0.15, 0.2) is 0 Å². The maximum absolute atomic E-state index is 12.3. The van der Waals surface area contributed by atoms with Gasteiger partial charge in [-0.2, -0.15) is 4.80 Å². The van der Waals surface area contributed by atoms with E-state index < -0.39 is 5.91 Å². The molecule has 0 saturated carbocycles. The number of carbonyl (C=O) groups is 1. The van der Waals surface area contributed by atoms with Crippen molar-refractivity contribution in [2.45, 2.75) is 13.5 Å². The van der Waals surface area contributed by atoms with Crippen LogP contribution in [0.25, 0.3) is 17.0 Å². The van der Waals surface area contributed by atoms with E-state index in [1.807, 2.05) is 19.1 Å². The van der Waals surface area contributed by atoms with Gasteiger partial charge in [0, 0.05) is 22.9 Å². The number of primary amides is 1. The van der Waals surface area contributed by atoms with Gasteiger partial charge in [0.25, 0.3) is 5.56 Å². The number of nitrogens with two attached hydrogens (primary N) is 1. The Bertz CT molecular complexity index is 1210. The lowest BCUT2D eigenvalue weighted by atomic mass is 10.1. The molecule has 0 fully saturated rings. The van der Waals surface area contributed by atoms with Crippen LogP contribution in [-0.2, 0) is 6.54 Å². The molecule has 0 unspecified atom stereocenters. The number of fused-ring (bicyclic) bond motifs is 1. The molecule has 0 saturated heterocycles. The number of benzene rings is 1. The molecule has 4 aromatic rings. The van der Waals surface area contributed by atoms with Crippen LogP contribution in [0, 0.1) is 6.92 Å².